The maximum atomic E-state index is 12.8. The number of ether oxygens (including phenoxy) is 1. The van der Waals surface area contributed by atoms with Crippen LogP contribution in [-0.2, 0) is 4.79 Å². The maximum absolute atomic E-state index is 12.8. The molecule has 2 aliphatic heterocycles. The smallest absolute Gasteiger partial charge is 0.303 e. The fourth-order valence-electron chi connectivity index (χ4n) is 4.03. The minimum Gasteiger partial charge on any atom is -0.494 e. The van der Waals surface area contributed by atoms with Crippen LogP contribution in [0, 0.1) is 17.2 Å². The Labute approximate surface area is 166 Å². The van der Waals surface area contributed by atoms with Crippen molar-refractivity contribution in [1.82, 2.24) is 10.2 Å². The molecule has 5 nitrogen and oxygen atoms in total. The minimum atomic E-state index is -0.707. The third-order valence-corrected chi connectivity index (χ3v) is 5.29. The first-order valence-corrected chi connectivity index (χ1v) is 8.61. The van der Waals surface area contributed by atoms with Crippen molar-refractivity contribution in [1.29, 1.82) is 0 Å². The molecule has 2 fully saturated rings. The van der Waals surface area contributed by atoms with Crippen LogP contribution in [0.5, 0.6) is 5.75 Å². The third-order valence-electron chi connectivity index (χ3n) is 5.29. The van der Waals surface area contributed by atoms with Crippen LogP contribution in [0.15, 0.2) is 24.3 Å². The highest BCUT2D eigenvalue weighted by atomic mass is 35.5. The summed E-state index contributed by atoms with van der Waals surface area (Å²) in [5.41, 5.74) is 0.121. The lowest BCUT2D eigenvalue weighted by atomic mass is 9.77. The molecule has 0 amide bonds. The molecule has 0 aromatic heterocycles. The molecular weight excluding hydrogens is 382 g/mol. The summed E-state index contributed by atoms with van der Waals surface area (Å²) in [4.78, 5) is 13.3. The molecule has 26 heavy (non-hydrogen) atoms. The van der Waals surface area contributed by atoms with Gasteiger partial charge in [-0.15, -0.1) is 24.8 Å². The summed E-state index contributed by atoms with van der Waals surface area (Å²) in [5.74, 6) is 0.277. The Balaban J connectivity index is 0.00000169. The zero-order valence-corrected chi connectivity index (χ0v) is 16.3. The van der Waals surface area contributed by atoms with E-state index >= 15 is 0 Å². The summed E-state index contributed by atoms with van der Waals surface area (Å²) < 4.78 is 18.5. The zero-order chi connectivity index (χ0) is 17.0. The quantitative estimate of drug-likeness (QED) is 0.647. The van der Waals surface area contributed by atoms with Gasteiger partial charge in [0, 0.05) is 38.0 Å². The number of carboxylic acids is 1. The fraction of sp³-hybridized carbons (Fsp3) is 0.611. The number of nitrogens with zero attached hydrogens (tertiary/aromatic N) is 1. The van der Waals surface area contributed by atoms with Crippen molar-refractivity contribution < 1.29 is 19.0 Å². The minimum absolute atomic E-state index is 0. The Morgan fingerprint density at radius 1 is 1.35 bits per heavy atom. The van der Waals surface area contributed by atoms with Crippen molar-refractivity contribution in [3.63, 3.8) is 0 Å². The average molecular weight is 409 g/mol. The van der Waals surface area contributed by atoms with Crippen molar-refractivity contribution in [3.8, 4) is 5.75 Å². The van der Waals surface area contributed by atoms with Crippen LogP contribution in [-0.4, -0.2) is 55.3 Å². The standard InChI is InChI=1S/C18H25FN2O3.2ClH/c19-15-2-4-16(5-3-15)24-9-1-8-21-11-14-10-20-12-18(14,13-21)7-6-17(22)23;;/h2-5,14,20H,1,6-13H2,(H,22,23);2*1H. The molecule has 2 unspecified atom stereocenters. The van der Waals surface area contributed by atoms with E-state index in [4.69, 9.17) is 9.84 Å². The van der Waals surface area contributed by atoms with E-state index in [1.54, 1.807) is 12.1 Å². The highest BCUT2D eigenvalue weighted by Gasteiger charge is 2.48. The molecule has 0 spiro atoms. The molecule has 3 rings (SSSR count). The van der Waals surface area contributed by atoms with E-state index in [-0.39, 0.29) is 42.5 Å². The summed E-state index contributed by atoms with van der Waals surface area (Å²) in [6.45, 7) is 5.47. The van der Waals surface area contributed by atoms with Gasteiger partial charge in [0.2, 0.25) is 0 Å². The summed E-state index contributed by atoms with van der Waals surface area (Å²) in [6.07, 6.45) is 1.91. The second-order valence-electron chi connectivity index (χ2n) is 6.97. The van der Waals surface area contributed by atoms with Gasteiger partial charge in [0.1, 0.15) is 11.6 Å². The summed E-state index contributed by atoms with van der Waals surface area (Å²) in [5, 5.41) is 12.4. The van der Waals surface area contributed by atoms with Gasteiger partial charge < -0.3 is 20.1 Å². The van der Waals surface area contributed by atoms with Crippen LogP contribution >= 0.6 is 24.8 Å². The number of hydrogen-bond acceptors (Lipinski definition) is 4. The van der Waals surface area contributed by atoms with Gasteiger partial charge in [0.15, 0.2) is 0 Å². The van der Waals surface area contributed by atoms with Gasteiger partial charge in [-0.3, -0.25) is 4.79 Å². The van der Waals surface area contributed by atoms with E-state index in [1.165, 1.54) is 12.1 Å². The summed E-state index contributed by atoms with van der Waals surface area (Å²) >= 11 is 0. The molecule has 2 saturated heterocycles. The van der Waals surface area contributed by atoms with Gasteiger partial charge in [-0.2, -0.15) is 0 Å². The lowest BCUT2D eigenvalue weighted by Crippen LogP contribution is -2.33. The number of likely N-dealkylation sites (tertiary alicyclic amines) is 1. The molecule has 2 aliphatic rings. The second-order valence-corrected chi connectivity index (χ2v) is 6.97. The normalized spacial score (nSPS) is 24.4. The first-order chi connectivity index (χ1) is 11.6. The van der Waals surface area contributed by atoms with Gasteiger partial charge >= 0.3 is 5.97 Å². The molecule has 8 heteroatoms. The van der Waals surface area contributed by atoms with Gasteiger partial charge in [0.25, 0.3) is 0 Å². The van der Waals surface area contributed by atoms with Crippen LogP contribution in [0.3, 0.4) is 0 Å². The number of hydrogen-bond donors (Lipinski definition) is 2. The largest absolute Gasteiger partial charge is 0.494 e. The number of carboxylic acid groups (broad SMARTS) is 1. The van der Waals surface area contributed by atoms with E-state index in [0.29, 0.717) is 18.3 Å². The number of fused-ring (bicyclic) bond motifs is 1. The van der Waals surface area contributed by atoms with Crippen LogP contribution in [0.4, 0.5) is 4.39 Å². The van der Waals surface area contributed by atoms with Crippen LogP contribution in [0.2, 0.25) is 0 Å². The van der Waals surface area contributed by atoms with Crippen molar-refractivity contribution in [2.45, 2.75) is 19.3 Å². The Bertz CT molecular complexity index is 576. The van der Waals surface area contributed by atoms with E-state index < -0.39 is 5.97 Å². The Morgan fingerprint density at radius 3 is 2.77 bits per heavy atom. The molecule has 2 heterocycles. The highest BCUT2D eigenvalue weighted by molar-refractivity contribution is 5.85. The van der Waals surface area contributed by atoms with Gasteiger partial charge in [-0.05, 0) is 49.6 Å². The van der Waals surface area contributed by atoms with Crippen molar-refractivity contribution in [2.24, 2.45) is 11.3 Å². The molecule has 0 saturated carbocycles. The first kappa shape index (κ1) is 23.0. The van der Waals surface area contributed by atoms with E-state index in [2.05, 4.69) is 10.2 Å². The molecule has 0 aliphatic carbocycles. The molecule has 1 aromatic carbocycles. The molecule has 148 valence electrons. The molecular formula is C18H27Cl2FN2O3. The zero-order valence-electron chi connectivity index (χ0n) is 14.7. The van der Waals surface area contributed by atoms with Crippen LogP contribution < -0.4 is 10.1 Å². The molecule has 0 radical (unpaired) electrons. The predicted octanol–water partition coefficient (Wildman–Crippen LogP) is 2.82. The Kier molecular flexibility index (Phi) is 9.10. The molecule has 1 aromatic rings. The SMILES string of the molecule is Cl.Cl.O=C(O)CCC12CNCC1CN(CCCOc1ccc(F)cc1)C2. The molecule has 0 bridgehead atoms. The lowest BCUT2D eigenvalue weighted by molar-refractivity contribution is -0.137. The Morgan fingerprint density at radius 2 is 2.08 bits per heavy atom. The topological polar surface area (TPSA) is 61.8 Å². The molecule has 2 atom stereocenters. The highest BCUT2D eigenvalue weighted by Crippen LogP contribution is 2.42. The van der Waals surface area contributed by atoms with E-state index in [1.807, 2.05) is 0 Å². The van der Waals surface area contributed by atoms with Crippen LogP contribution in [0.25, 0.3) is 0 Å². The number of aliphatic carboxylic acids is 1. The number of nitrogens with one attached hydrogen (secondary N) is 1. The number of carbonyl (C=O) groups is 1. The number of rotatable bonds is 8. The van der Waals surface area contributed by atoms with Crippen LogP contribution in [0.1, 0.15) is 19.3 Å². The second kappa shape index (κ2) is 10.3. The van der Waals surface area contributed by atoms with Gasteiger partial charge in [-0.1, -0.05) is 0 Å². The van der Waals surface area contributed by atoms with Gasteiger partial charge in [0.05, 0.1) is 6.61 Å². The monoisotopic (exact) mass is 408 g/mol. The number of halogens is 3. The maximum Gasteiger partial charge on any atom is 0.303 e. The molecule has 2 N–H and O–H groups in total. The van der Waals surface area contributed by atoms with Crippen molar-refractivity contribution in [2.75, 3.05) is 39.3 Å². The van der Waals surface area contributed by atoms with Gasteiger partial charge in [-0.25, -0.2) is 4.39 Å². The number of benzene rings is 1. The van der Waals surface area contributed by atoms with Crippen molar-refractivity contribution in [3.05, 3.63) is 30.1 Å². The third kappa shape index (κ3) is 5.71. The predicted molar refractivity (Wildman–Crippen MR) is 103 cm³/mol. The summed E-state index contributed by atoms with van der Waals surface area (Å²) in [7, 11) is 0. The van der Waals surface area contributed by atoms with Crippen molar-refractivity contribution >= 4 is 30.8 Å². The lowest BCUT2D eigenvalue weighted by Gasteiger charge is -2.27. The Hall–Kier alpha value is -1.08. The summed E-state index contributed by atoms with van der Waals surface area (Å²) in [6, 6.07) is 6.08. The fourth-order valence-corrected chi connectivity index (χ4v) is 4.03. The average Bonchev–Trinajstić information content (AvgIpc) is 3.08. The van der Waals surface area contributed by atoms with E-state index in [0.717, 1.165) is 45.6 Å². The first-order valence-electron chi connectivity index (χ1n) is 8.61. The van der Waals surface area contributed by atoms with E-state index in [9.17, 15) is 9.18 Å².